The average molecular weight is 433 g/mol. The minimum Gasteiger partial charge on any atom is -0.493 e. The first-order valence-electron chi connectivity index (χ1n) is 10.4. The second-order valence-electron chi connectivity index (χ2n) is 7.75. The Kier molecular flexibility index (Phi) is 5.05. The summed E-state index contributed by atoms with van der Waals surface area (Å²) in [6, 6.07) is 11.1. The first-order valence-corrected chi connectivity index (χ1v) is 10.4. The maximum atomic E-state index is 13.8. The summed E-state index contributed by atoms with van der Waals surface area (Å²) >= 11 is 0. The van der Waals surface area contributed by atoms with Gasteiger partial charge in [-0.25, -0.2) is 4.98 Å². The van der Waals surface area contributed by atoms with Gasteiger partial charge in [0, 0.05) is 6.54 Å². The van der Waals surface area contributed by atoms with Crippen LogP contribution in [-0.2, 0) is 0 Å². The molecule has 0 radical (unpaired) electrons. The maximum Gasteiger partial charge on any atom is 0.259 e. The number of hydrogen-bond acceptors (Lipinski definition) is 7. The van der Waals surface area contributed by atoms with E-state index in [9.17, 15) is 4.79 Å². The number of hydrogen-bond donors (Lipinski definition) is 0. The third kappa shape index (κ3) is 3.28. The number of pyridine rings is 1. The van der Waals surface area contributed by atoms with Gasteiger partial charge in [0.15, 0.2) is 17.3 Å². The van der Waals surface area contributed by atoms with Crippen LogP contribution in [0.1, 0.15) is 40.5 Å². The number of ether oxygens (including phenoxy) is 2. The molecule has 0 N–H and O–H groups in total. The molecule has 1 fully saturated rings. The Morgan fingerprint density at radius 2 is 2.00 bits per heavy atom. The molecule has 4 aromatic rings. The predicted octanol–water partition coefficient (Wildman–Crippen LogP) is 4.79. The third-order valence-electron chi connectivity index (χ3n) is 5.93. The van der Waals surface area contributed by atoms with E-state index in [2.05, 4.69) is 10.1 Å². The summed E-state index contributed by atoms with van der Waals surface area (Å²) in [4.78, 5) is 20.2. The van der Waals surface area contributed by atoms with Gasteiger partial charge in [-0.1, -0.05) is 11.2 Å². The first-order chi connectivity index (χ1) is 15.6. The Bertz CT molecular complexity index is 1280. The highest BCUT2D eigenvalue weighted by molar-refractivity contribution is 6.07. The summed E-state index contributed by atoms with van der Waals surface area (Å²) in [6.45, 7) is 2.47. The topological polar surface area (TPSA) is 90.8 Å². The molecule has 1 aliphatic rings. The molecule has 0 bridgehead atoms. The number of carbonyl (C=O) groups is 1. The molecule has 0 aliphatic carbocycles. The van der Waals surface area contributed by atoms with E-state index in [0.29, 0.717) is 51.9 Å². The maximum absolute atomic E-state index is 13.8. The molecule has 0 spiro atoms. The minimum absolute atomic E-state index is 0.0715. The van der Waals surface area contributed by atoms with Gasteiger partial charge in [-0.05, 0) is 55.7 Å². The Morgan fingerprint density at radius 3 is 2.75 bits per heavy atom. The fourth-order valence-corrected chi connectivity index (χ4v) is 4.39. The van der Waals surface area contributed by atoms with E-state index in [0.717, 1.165) is 18.4 Å². The first kappa shape index (κ1) is 20.1. The van der Waals surface area contributed by atoms with Gasteiger partial charge in [0.25, 0.3) is 11.6 Å². The van der Waals surface area contributed by atoms with E-state index < -0.39 is 0 Å². The monoisotopic (exact) mass is 433 g/mol. The van der Waals surface area contributed by atoms with Crippen LogP contribution in [0.25, 0.3) is 22.6 Å². The summed E-state index contributed by atoms with van der Waals surface area (Å²) in [7, 11) is 3.22. The number of nitrogens with zero attached hydrogens (tertiary/aromatic N) is 3. The molecule has 1 aromatic carbocycles. The van der Waals surface area contributed by atoms with E-state index >= 15 is 0 Å². The molecule has 3 aromatic heterocycles. The summed E-state index contributed by atoms with van der Waals surface area (Å²) < 4.78 is 21.7. The number of carbonyl (C=O) groups excluding carboxylic acids is 1. The average Bonchev–Trinajstić information content (AvgIpc) is 3.59. The van der Waals surface area contributed by atoms with E-state index in [-0.39, 0.29) is 11.9 Å². The van der Waals surface area contributed by atoms with Crippen LogP contribution in [0.5, 0.6) is 11.5 Å². The summed E-state index contributed by atoms with van der Waals surface area (Å²) in [5.41, 5.74) is 2.99. The van der Waals surface area contributed by atoms with Gasteiger partial charge in [-0.2, -0.15) is 0 Å². The number of aryl methyl sites for hydroxylation is 1. The Morgan fingerprint density at radius 1 is 1.16 bits per heavy atom. The Balaban J connectivity index is 1.57. The van der Waals surface area contributed by atoms with Crippen molar-refractivity contribution in [3.8, 4) is 23.0 Å². The van der Waals surface area contributed by atoms with Crippen molar-refractivity contribution >= 4 is 17.0 Å². The molecule has 8 heteroatoms. The van der Waals surface area contributed by atoms with E-state index in [1.165, 1.54) is 0 Å². The number of rotatable bonds is 5. The zero-order chi connectivity index (χ0) is 22.2. The van der Waals surface area contributed by atoms with Crippen molar-refractivity contribution in [1.82, 2.24) is 15.0 Å². The van der Waals surface area contributed by atoms with Gasteiger partial charge in [-0.3, -0.25) is 4.79 Å². The standard InChI is InChI=1S/C24H23N3O5/c1-14-22-16(13-17(19-7-5-11-31-19)25-23(22)32-26-14)24(28)27-10-4-6-18(27)15-8-9-20(29-2)21(12-15)30-3/h5,7-9,11-13,18H,4,6,10H2,1-3H3. The molecule has 32 heavy (non-hydrogen) atoms. The minimum atomic E-state index is -0.0891. The van der Waals surface area contributed by atoms with Crippen LogP contribution in [0.3, 0.4) is 0 Å². The SMILES string of the molecule is COc1ccc(C2CCCN2C(=O)c2cc(-c3ccco3)nc3onc(C)c23)cc1OC. The van der Waals surface area contributed by atoms with Crippen LogP contribution >= 0.6 is 0 Å². The number of methoxy groups -OCH3 is 2. The lowest BCUT2D eigenvalue weighted by Gasteiger charge is -2.26. The van der Waals surface area contributed by atoms with Crippen molar-refractivity contribution in [1.29, 1.82) is 0 Å². The second kappa shape index (κ2) is 8.03. The molecular formula is C24H23N3O5. The fraction of sp³-hybridized carbons (Fsp3) is 0.292. The molecule has 164 valence electrons. The van der Waals surface area contributed by atoms with Gasteiger partial charge < -0.3 is 23.3 Å². The van der Waals surface area contributed by atoms with Crippen LogP contribution < -0.4 is 9.47 Å². The van der Waals surface area contributed by atoms with Crippen LogP contribution in [0.15, 0.2) is 51.6 Å². The molecule has 1 amide bonds. The van der Waals surface area contributed by atoms with Crippen molar-refractivity contribution < 1.29 is 23.2 Å². The van der Waals surface area contributed by atoms with E-state index in [1.54, 1.807) is 38.7 Å². The fourth-order valence-electron chi connectivity index (χ4n) is 4.39. The molecule has 1 atom stereocenters. The lowest BCUT2D eigenvalue weighted by molar-refractivity contribution is 0.0737. The van der Waals surface area contributed by atoms with Gasteiger partial charge in [0.1, 0.15) is 5.69 Å². The number of benzene rings is 1. The molecule has 1 saturated heterocycles. The molecule has 4 heterocycles. The van der Waals surface area contributed by atoms with Gasteiger partial charge >= 0.3 is 0 Å². The van der Waals surface area contributed by atoms with Crippen LogP contribution in [0.2, 0.25) is 0 Å². The summed E-state index contributed by atoms with van der Waals surface area (Å²) in [5, 5.41) is 4.67. The number of amides is 1. The van der Waals surface area contributed by atoms with Crippen molar-refractivity contribution in [3.05, 3.63) is 59.5 Å². The smallest absolute Gasteiger partial charge is 0.259 e. The van der Waals surface area contributed by atoms with Gasteiger partial charge in [0.2, 0.25) is 0 Å². The number of furan rings is 1. The highest BCUT2D eigenvalue weighted by Crippen LogP contribution is 2.38. The number of likely N-dealkylation sites (tertiary alicyclic amines) is 1. The van der Waals surface area contributed by atoms with Crippen molar-refractivity contribution in [2.24, 2.45) is 0 Å². The van der Waals surface area contributed by atoms with E-state index in [4.69, 9.17) is 18.4 Å². The zero-order valence-electron chi connectivity index (χ0n) is 18.1. The Labute approximate surface area is 184 Å². The molecular weight excluding hydrogens is 410 g/mol. The lowest BCUT2D eigenvalue weighted by Crippen LogP contribution is -2.31. The Hall–Kier alpha value is -3.81. The van der Waals surface area contributed by atoms with Gasteiger partial charge in [0.05, 0.1) is 43.2 Å². The lowest BCUT2D eigenvalue weighted by atomic mass is 10.0. The molecule has 8 nitrogen and oxygen atoms in total. The summed E-state index contributed by atoms with van der Waals surface area (Å²) in [5.74, 6) is 1.78. The quantitative estimate of drug-likeness (QED) is 0.447. The third-order valence-corrected chi connectivity index (χ3v) is 5.93. The van der Waals surface area contributed by atoms with Crippen molar-refractivity contribution in [2.75, 3.05) is 20.8 Å². The summed E-state index contributed by atoms with van der Waals surface area (Å²) in [6.07, 6.45) is 3.34. The number of fused-ring (bicyclic) bond motifs is 1. The zero-order valence-corrected chi connectivity index (χ0v) is 18.1. The molecule has 1 unspecified atom stereocenters. The predicted molar refractivity (Wildman–Crippen MR) is 117 cm³/mol. The highest BCUT2D eigenvalue weighted by Gasteiger charge is 2.33. The largest absolute Gasteiger partial charge is 0.493 e. The van der Waals surface area contributed by atoms with Crippen LogP contribution in [-0.4, -0.2) is 41.7 Å². The highest BCUT2D eigenvalue weighted by atomic mass is 16.5. The normalized spacial score (nSPS) is 16.0. The van der Waals surface area contributed by atoms with Crippen LogP contribution in [0.4, 0.5) is 0 Å². The second-order valence-corrected chi connectivity index (χ2v) is 7.75. The van der Waals surface area contributed by atoms with E-state index in [1.807, 2.05) is 30.0 Å². The van der Waals surface area contributed by atoms with Crippen molar-refractivity contribution in [2.45, 2.75) is 25.8 Å². The molecule has 0 saturated carbocycles. The molecule has 1 aliphatic heterocycles. The van der Waals surface area contributed by atoms with Crippen molar-refractivity contribution in [3.63, 3.8) is 0 Å². The number of aromatic nitrogens is 2. The molecule has 5 rings (SSSR count). The van der Waals surface area contributed by atoms with Crippen LogP contribution in [0, 0.1) is 6.92 Å². The van der Waals surface area contributed by atoms with Gasteiger partial charge in [-0.15, -0.1) is 0 Å².